The summed E-state index contributed by atoms with van der Waals surface area (Å²) in [7, 11) is 2.24. The molecule has 1 fully saturated rings. The third-order valence-corrected chi connectivity index (χ3v) is 5.17. The molecular weight excluding hydrogens is 380 g/mol. The van der Waals surface area contributed by atoms with Crippen molar-refractivity contribution in [2.75, 3.05) is 25.6 Å². The van der Waals surface area contributed by atoms with Crippen LogP contribution in [-0.4, -0.2) is 32.2 Å². The van der Waals surface area contributed by atoms with Crippen molar-refractivity contribution in [2.24, 2.45) is 0 Å². The molecule has 0 radical (unpaired) electrons. The van der Waals surface area contributed by atoms with Gasteiger partial charge in [-0.25, -0.2) is 0 Å². The SMILES string of the molecule is C[NH+](Cc1cccc(NC(=O)c2cccc(Br)c2)c1)C1CCOCC1. The number of amides is 1. The van der Waals surface area contributed by atoms with E-state index < -0.39 is 0 Å². The minimum atomic E-state index is -0.0939. The highest BCUT2D eigenvalue weighted by atomic mass is 79.9. The van der Waals surface area contributed by atoms with Crippen LogP contribution >= 0.6 is 15.9 Å². The number of quaternary nitrogens is 1. The Morgan fingerprint density at radius 1 is 1.20 bits per heavy atom. The van der Waals surface area contributed by atoms with Crippen molar-refractivity contribution in [3.63, 3.8) is 0 Å². The molecule has 1 aliphatic rings. The number of rotatable bonds is 5. The zero-order valence-corrected chi connectivity index (χ0v) is 16.0. The van der Waals surface area contributed by atoms with Crippen LogP contribution in [0.15, 0.2) is 53.0 Å². The van der Waals surface area contributed by atoms with Gasteiger partial charge in [-0.2, -0.15) is 0 Å². The molecule has 132 valence electrons. The maximum absolute atomic E-state index is 12.4. The predicted octanol–water partition coefficient (Wildman–Crippen LogP) is 2.90. The highest BCUT2D eigenvalue weighted by molar-refractivity contribution is 9.10. The van der Waals surface area contributed by atoms with Gasteiger partial charge in [-0.1, -0.05) is 34.1 Å². The molecule has 2 N–H and O–H groups in total. The van der Waals surface area contributed by atoms with Crippen LogP contribution in [0.4, 0.5) is 5.69 Å². The second-order valence-corrected chi connectivity index (χ2v) is 7.49. The zero-order chi connectivity index (χ0) is 17.6. The molecule has 0 saturated carbocycles. The number of carbonyl (C=O) groups is 1. The first-order valence-corrected chi connectivity index (χ1v) is 9.47. The largest absolute Gasteiger partial charge is 0.381 e. The van der Waals surface area contributed by atoms with Crippen LogP contribution in [-0.2, 0) is 11.3 Å². The summed E-state index contributed by atoms with van der Waals surface area (Å²) in [4.78, 5) is 13.9. The first-order chi connectivity index (χ1) is 12.1. The molecule has 1 saturated heterocycles. The standard InChI is InChI=1S/C20H23BrN2O2/c1-23(19-8-10-25-11-9-19)14-15-4-2-7-18(12-15)22-20(24)16-5-3-6-17(21)13-16/h2-7,12-13,19H,8-11,14H2,1H3,(H,22,24)/p+1. The summed E-state index contributed by atoms with van der Waals surface area (Å²) in [5.74, 6) is -0.0939. The summed E-state index contributed by atoms with van der Waals surface area (Å²) in [5.41, 5.74) is 2.71. The van der Waals surface area contributed by atoms with Crippen LogP contribution < -0.4 is 10.2 Å². The molecule has 2 aromatic carbocycles. The lowest BCUT2D eigenvalue weighted by molar-refractivity contribution is -0.921. The maximum atomic E-state index is 12.4. The Kier molecular flexibility index (Phi) is 6.24. The van der Waals surface area contributed by atoms with Gasteiger partial charge in [0.25, 0.3) is 5.91 Å². The molecule has 1 unspecified atom stereocenters. The lowest BCUT2D eigenvalue weighted by atomic mass is 10.1. The molecule has 0 bridgehead atoms. The van der Waals surface area contributed by atoms with Gasteiger partial charge in [0.05, 0.1) is 26.3 Å². The van der Waals surface area contributed by atoms with E-state index in [2.05, 4.69) is 40.4 Å². The van der Waals surface area contributed by atoms with Crippen LogP contribution in [0.2, 0.25) is 0 Å². The minimum absolute atomic E-state index is 0.0939. The normalized spacial score (nSPS) is 16.4. The summed E-state index contributed by atoms with van der Waals surface area (Å²) >= 11 is 3.40. The molecule has 1 heterocycles. The molecule has 4 nitrogen and oxygen atoms in total. The molecule has 3 rings (SSSR count). The van der Waals surface area contributed by atoms with Crippen molar-refractivity contribution in [1.82, 2.24) is 0 Å². The Labute approximate surface area is 157 Å². The molecule has 0 spiro atoms. The number of nitrogens with one attached hydrogen (secondary N) is 2. The Bertz CT molecular complexity index is 729. The van der Waals surface area contributed by atoms with E-state index in [4.69, 9.17) is 4.74 Å². The Morgan fingerprint density at radius 2 is 1.96 bits per heavy atom. The fraction of sp³-hybridized carbons (Fsp3) is 0.350. The molecule has 1 aliphatic heterocycles. The van der Waals surface area contributed by atoms with Gasteiger partial charge < -0.3 is 15.0 Å². The molecule has 1 amide bonds. The van der Waals surface area contributed by atoms with Gasteiger partial charge in [-0.15, -0.1) is 0 Å². The molecular formula is C20H24BrN2O2+. The van der Waals surface area contributed by atoms with Crippen LogP contribution in [0, 0.1) is 0 Å². The Balaban J connectivity index is 1.63. The van der Waals surface area contributed by atoms with Crippen molar-refractivity contribution in [3.05, 3.63) is 64.1 Å². The van der Waals surface area contributed by atoms with Crippen molar-refractivity contribution in [1.29, 1.82) is 0 Å². The molecule has 5 heteroatoms. The number of hydrogen-bond donors (Lipinski definition) is 2. The fourth-order valence-electron chi connectivity index (χ4n) is 3.25. The summed E-state index contributed by atoms with van der Waals surface area (Å²) in [6.45, 7) is 2.68. The first-order valence-electron chi connectivity index (χ1n) is 8.68. The third kappa shape index (κ3) is 5.14. The number of carbonyl (C=O) groups excluding carboxylic acids is 1. The van der Waals surface area contributed by atoms with E-state index in [-0.39, 0.29) is 5.91 Å². The third-order valence-electron chi connectivity index (χ3n) is 4.67. The highest BCUT2D eigenvalue weighted by Gasteiger charge is 2.21. The monoisotopic (exact) mass is 403 g/mol. The molecule has 0 aromatic heterocycles. The quantitative estimate of drug-likeness (QED) is 0.805. The van der Waals surface area contributed by atoms with Gasteiger partial charge in [0.1, 0.15) is 6.54 Å². The lowest BCUT2D eigenvalue weighted by Gasteiger charge is -2.28. The van der Waals surface area contributed by atoms with Gasteiger partial charge >= 0.3 is 0 Å². The fourth-order valence-corrected chi connectivity index (χ4v) is 3.65. The van der Waals surface area contributed by atoms with Gasteiger partial charge in [-0.05, 0) is 30.3 Å². The average molecular weight is 404 g/mol. The van der Waals surface area contributed by atoms with E-state index in [9.17, 15) is 4.79 Å². The second kappa shape index (κ2) is 8.61. The van der Waals surface area contributed by atoms with Crippen LogP contribution in [0.1, 0.15) is 28.8 Å². The highest BCUT2D eigenvalue weighted by Crippen LogP contribution is 2.15. The molecule has 1 atom stereocenters. The summed E-state index contributed by atoms with van der Waals surface area (Å²) in [5, 5.41) is 2.99. The minimum Gasteiger partial charge on any atom is -0.381 e. The van der Waals surface area contributed by atoms with Crippen LogP contribution in [0.5, 0.6) is 0 Å². The van der Waals surface area contributed by atoms with E-state index in [1.54, 1.807) is 0 Å². The van der Waals surface area contributed by atoms with Crippen molar-refractivity contribution < 1.29 is 14.4 Å². The zero-order valence-electron chi connectivity index (χ0n) is 14.4. The smallest absolute Gasteiger partial charge is 0.255 e. The van der Waals surface area contributed by atoms with Crippen molar-refractivity contribution in [3.8, 4) is 0 Å². The second-order valence-electron chi connectivity index (χ2n) is 6.57. The Hall–Kier alpha value is -1.69. The summed E-state index contributed by atoms with van der Waals surface area (Å²) in [6, 6.07) is 16.2. The van der Waals surface area contributed by atoms with E-state index in [0.717, 1.165) is 42.8 Å². The van der Waals surface area contributed by atoms with Crippen molar-refractivity contribution >= 4 is 27.5 Å². The predicted molar refractivity (Wildman–Crippen MR) is 103 cm³/mol. The molecule has 0 aliphatic carbocycles. The van der Waals surface area contributed by atoms with E-state index >= 15 is 0 Å². The van der Waals surface area contributed by atoms with Crippen LogP contribution in [0.3, 0.4) is 0 Å². The van der Waals surface area contributed by atoms with Gasteiger partial charge in [0.15, 0.2) is 0 Å². The topological polar surface area (TPSA) is 42.8 Å². The van der Waals surface area contributed by atoms with Crippen molar-refractivity contribution in [2.45, 2.75) is 25.4 Å². The number of ether oxygens (including phenoxy) is 1. The Morgan fingerprint density at radius 3 is 2.72 bits per heavy atom. The number of halogens is 1. The number of benzene rings is 2. The van der Waals surface area contributed by atoms with Gasteiger partial charge in [0.2, 0.25) is 0 Å². The summed E-state index contributed by atoms with van der Waals surface area (Å²) < 4.78 is 6.35. The lowest BCUT2D eigenvalue weighted by Crippen LogP contribution is -3.12. The number of anilines is 1. The van der Waals surface area contributed by atoms with Gasteiger partial charge in [0, 0.05) is 34.1 Å². The van der Waals surface area contributed by atoms with Crippen LogP contribution in [0.25, 0.3) is 0 Å². The average Bonchev–Trinajstić information content (AvgIpc) is 2.63. The van der Waals surface area contributed by atoms with E-state index in [0.29, 0.717) is 11.6 Å². The maximum Gasteiger partial charge on any atom is 0.255 e. The van der Waals surface area contributed by atoms with Gasteiger partial charge in [-0.3, -0.25) is 4.79 Å². The molecule has 25 heavy (non-hydrogen) atoms. The number of hydrogen-bond acceptors (Lipinski definition) is 2. The van der Waals surface area contributed by atoms with E-state index in [1.807, 2.05) is 36.4 Å². The molecule has 2 aromatic rings. The summed E-state index contributed by atoms with van der Waals surface area (Å²) in [6.07, 6.45) is 2.23. The first kappa shape index (κ1) is 18.1. The van der Waals surface area contributed by atoms with E-state index in [1.165, 1.54) is 10.5 Å².